The predicted octanol–water partition coefficient (Wildman–Crippen LogP) is 1.22. The first-order chi connectivity index (χ1) is 4.70. The third kappa shape index (κ3) is 1.82. The van der Waals surface area contributed by atoms with Crippen molar-refractivity contribution in [2.75, 3.05) is 0 Å². The van der Waals surface area contributed by atoms with Crippen molar-refractivity contribution in [1.29, 1.82) is 0 Å². The Hall–Kier alpha value is -0.350. The molecule has 0 aliphatic heterocycles. The summed E-state index contributed by atoms with van der Waals surface area (Å²) in [5.74, 6) is 0. The van der Waals surface area contributed by atoms with Gasteiger partial charge in [-0.15, -0.1) is 0 Å². The molecule has 0 amide bonds. The summed E-state index contributed by atoms with van der Waals surface area (Å²) in [6.45, 7) is 0. The van der Waals surface area contributed by atoms with Crippen LogP contribution in [0.5, 0.6) is 0 Å². The largest absolute Gasteiger partial charge is 0.227 e. The molecule has 1 aromatic carbocycles. The van der Waals surface area contributed by atoms with E-state index in [9.17, 15) is 8.42 Å². The zero-order valence-corrected chi connectivity index (χ0v) is 7.35. The Morgan fingerprint density at radius 1 is 1.50 bits per heavy atom. The summed E-state index contributed by atoms with van der Waals surface area (Å²) in [5.41, 5.74) is 0. The molecule has 10 heavy (non-hydrogen) atoms. The van der Waals surface area contributed by atoms with Gasteiger partial charge in [0.2, 0.25) is 0 Å². The van der Waals surface area contributed by atoms with Gasteiger partial charge in [0, 0.05) is 10.5 Å². The second kappa shape index (κ2) is 3.16. The minimum atomic E-state index is -2.50. The first-order valence-corrected chi connectivity index (χ1v) is 4.49. The highest BCUT2D eigenvalue weighted by atomic mass is 79.9. The average Bonchev–Trinajstić information content (AvgIpc) is 1.88. The minimum Gasteiger partial charge on any atom is -0.227 e. The summed E-state index contributed by atoms with van der Waals surface area (Å²) in [6, 6.07) is 7.37. The van der Waals surface area contributed by atoms with E-state index < -0.39 is 10.7 Å². The summed E-state index contributed by atoms with van der Waals surface area (Å²) >= 11 is 3.14. The van der Waals surface area contributed by atoms with Crippen molar-refractivity contribution in [1.82, 2.24) is 0 Å². The Morgan fingerprint density at radius 2 is 2.20 bits per heavy atom. The van der Waals surface area contributed by atoms with Crippen molar-refractivity contribution in [3.8, 4) is 0 Å². The summed E-state index contributed by atoms with van der Waals surface area (Å²) in [5, 5.41) is 0. The molecular weight excluding hydrogens is 216 g/mol. The molecule has 53 valence electrons. The molecular formula is C6H4BrO2S. The lowest BCUT2D eigenvalue weighted by molar-refractivity contribution is 0.614. The number of thiol groups is 1. The minimum absolute atomic E-state index is 0.212. The predicted molar refractivity (Wildman–Crippen MR) is 41.6 cm³/mol. The van der Waals surface area contributed by atoms with Gasteiger partial charge in [-0.2, -0.15) is 0 Å². The van der Waals surface area contributed by atoms with E-state index in [1.165, 1.54) is 6.07 Å². The van der Waals surface area contributed by atoms with Gasteiger partial charge < -0.3 is 0 Å². The summed E-state index contributed by atoms with van der Waals surface area (Å²) in [6.07, 6.45) is 0. The van der Waals surface area contributed by atoms with Crippen LogP contribution in [0.25, 0.3) is 0 Å². The fraction of sp³-hybridized carbons (Fsp3) is 0. The molecule has 0 saturated heterocycles. The van der Waals surface area contributed by atoms with Crippen molar-refractivity contribution in [2.24, 2.45) is 0 Å². The van der Waals surface area contributed by atoms with Crippen LogP contribution in [0.4, 0.5) is 0 Å². The summed E-state index contributed by atoms with van der Waals surface area (Å²) in [7, 11) is -2.50. The molecule has 0 saturated carbocycles. The van der Waals surface area contributed by atoms with Crippen LogP contribution in [0.2, 0.25) is 0 Å². The fourth-order valence-corrected chi connectivity index (χ4v) is 1.49. The molecule has 0 fully saturated rings. The molecule has 1 aromatic rings. The fourth-order valence-electron chi connectivity index (χ4n) is 0.532. The molecule has 2 nitrogen and oxygen atoms in total. The Kier molecular flexibility index (Phi) is 2.45. The quantitative estimate of drug-likeness (QED) is 0.722. The SMILES string of the molecule is O=[SH](=O)c1[c]ccc(Br)c1. The second-order valence-electron chi connectivity index (χ2n) is 1.65. The standard InChI is InChI=1S/C6H4BrO2S/c7-5-2-1-3-6(4-5)10(8)9/h1-2,4,10H. The van der Waals surface area contributed by atoms with Crippen molar-refractivity contribution < 1.29 is 8.42 Å². The number of rotatable bonds is 1. The van der Waals surface area contributed by atoms with E-state index in [-0.39, 0.29) is 4.90 Å². The Balaban J connectivity index is 3.19. The molecule has 4 heteroatoms. The molecule has 0 aliphatic carbocycles. The van der Waals surface area contributed by atoms with Gasteiger partial charge in [0.25, 0.3) is 0 Å². The highest BCUT2D eigenvalue weighted by molar-refractivity contribution is 9.10. The number of hydrogen-bond acceptors (Lipinski definition) is 2. The first-order valence-electron chi connectivity index (χ1n) is 2.52. The van der Waals surface area contributed by atoms with Crippen molar-refractivity contribution in [3.05, 3.63) is 28.7 Å². The first kappa shape index (κ1) is 7.75. The third-order valence-electron chi connectivity index (χ3n) is 0.945. The average molecular weight is 220 g/mol. The van der Waals surface area contributed by atoms with E-state index in [0.717, 1.165) is 4.47 Å². The van der Waals surface area contributed by atoms with Gasteiger partial charge >= 0.3 is 0 Å². The van der Waals surface area contributed by atoms with Gasteiger partial charge in [0.1, 0.15) is 0 Å². The van der Waals surface area contributed by atoms with Crippen LogP contribution in [0, 0.1) is 6.07 Å². The Bertz CT molecular complexity index is 298. The van der Waals surface area contributed by atoms with E-state index in [1.54, 1.807) is 12.1 Å². The van der Waals surface area contributed by atoms with Crippen LogP contribution >= 0.6 is 15.9 Å². The highest BCUT2D eigenvalue weighted by Crippen LogP contribution is 2.11. The van der Waals surface area contributed by atoms with Crippen LogP contribution in [0.3, 0.4) is 0 Å². The van der Waals surface area contributed by atoms with E-state index in [4.69, 9.17) is 0 Å². The monoisotopic (exact) mass is 219 g/mol. The molecule has 0 atom stereocenters. The van der Waals surface area contributed by atoms with Gasteiger partial charge in [-0.1, -0.05) is 22.0 Å². The van der Waals surface area contributed by atoms with Crippen molar-refractivity contribution >= 4 is 26.6 Å². The smallest absolute Gasteiger partial charge is 0.168 e. The molecule has 0 heterocycles. The van der Waals surface area contributed by atoms with Gasteiger partial charge in [-0.3, -0.25) is 0 Å². The normalized spacial score (nSPS) is 10.2. The zero-order valence-electron chi connectivity index (χ0n) is 4.87. The maximum Gasteiger partial charge on any atom is 0.168 e. The van der Waals surface area contributed by atoms with Crippen LogP contribution in [-0.4, -0.2) is 8.42 Å². The maximum absolute atomic E-state index is 10.3. The third-order valence-corrected chi connectivity index (χ3v) is 2.09. The van der Waals surface area contributed by atoms with E-state index in [2.05, 4.69) is 22.0 Å². The van der Waals surface area contributed by atoms with Crippen molar-refractivity contribution in [2.45, 2.75) is 4.90 Å². The lowest BCUT2D eigenvalue weighted by Crippen LogP contribution is -1.78. The molecule has 0 aliphatic rings. The second-order valence-corrected chi connectivity index (χ2v) is 3.56. The van der Waals surface area contributed by atoms with E-state index >= 15 is 0 Å². The van der Waals surface area contributed by atoms with Gasteiger partial charge in [-0.25, -0.2) is 8.42 Å². The molecule has 0 spiro atoms. The van der Waals surface area contributed by atoms with Crippen LogP contribution < -0.4 is 0 Å². The Morgan fingerprint density at radius 3 is 2.60 bits per heavy atom. The maximum atomic E-state index is 10.3. The van der Waals surface area contributed by atoms with Crippen molar-refractivity contribution in [3.63, 3.8) is 0 Å². The van der Waals surface area contributed by atoms with Crippen LogP contribution in [0.15, 0.2) is 27.6 Å². The number of hydrogen-bond donors (Lipinski definition) is 1. The van der Waals surface area contributed by atoms with Gasteiger partial charge in [0.15, 0.2) is 10.7 Å². The lowest BCUT2D eigenvalue weighted by atomic mass is 10.4. The van der Waals surface area contributed by atoms with Crippen LogP contribution in [0.1, 0.15) is 0 Å². The topological polar surface area (TPSA) is 34.1 Å². The van der Waals surface area contributed by atoms with Gasteiger partial charge in [-0.05, 0) is 12.1 Å². The number of benzene rings is 1. The highest BCUT2D eigenvalue weighted by Gasteiger charge is 1.93. The molecule has 1 radical (unpaired) electrons. The molecule has 0 aromatic heterocycles. The molecule has 0 bridgehead atoms. The van der Waals surface area contributed by atoms with E-state index in [1.807, 2.05) is 0 Å². The Labute approximate surface area is 69.0 Å². The van der Waals surface area contributed by atoms with Gasteiger partial charge in [0.05, 0.1) is 4.90 Å². The number of halogens is 1. The van der Waals surface area contributed by atoms with E-state index in [0.29, 0.717) is 0 Å². The molecule has 1 rings (SSSR count). The summed E-state index contributed by atoms with van der Waals surface area (Å²) < 4.78 is 21.4. The summed E-state index contributed by atoms with van der Waals surface area (Å²) in [4.78, 5) is 0.212. The molecule has 0 unspecified atom stereocenters. The lowest BCUT2D eigenvalue weighted by Gasteiger charge is -1.88. The molecule has 0 N–H and O–H groups in total. The van der Waals surface area contributed by atoms with Crippen LogP contribution in [-0.2, 0) is 10.7 Å². The zero-order chi connectivity index (χ0) is 7.56.